The van der Waals surface area contributed by atoms with E-state index >= 15 is 0 Å². The molecule has 7 nitrogen and oxygen atoms in total. The Morgan fingerprint density at radius 2 is 1.71 bits per heavy atom. The summed E-state index contributed by atoms with van der Waals surface area (Å²) in [6, 6.07) is 5.57. The van der Waals surface area contributed by atoms with Gasteiger partial charge in [0, 0.05) is 21.9 Å². The predicted octanol–water partition coefficient (Wildman–Crippen LogP) is 2.95. The number of anilines is 1. The van der Waals surface area contributed by atoms with E-state index in [0.717, 1.165) is 17.5 Å². The molecule has 3 aliphatic rings. The highest BCUT2D eigenvalue weighted by molar-refractivity contribution is 9.12. The molecule has 4 rings (SSSR count). The zero-order chi connectivity index (χ0) is 22.4. The van der Waals surface area contributed by atoms with Gasteiger partial charge in [0.15, 0.2) is 6.61 Å². The number of nitrogens with zero attached hydrogens (tertiary/aromatic N) is 1. The van der Waals surface area contributed by atoms with Crippen LogP contribution < -0.4 is 5.32 Å². The van der Waals surface area contributed by atoms with Crippen LogP contribution in [0.1, 0.15) is 24.0 Å². The van der Waals surface area contributed by atoms with Gasteiger partial charge < -0.3 is 10.1 Å². The Morgan fingerprint density at radius 3 is 2.32 bits per heavy atom. The van der Waals surface area contributed by atoms with E-state index in [1.54, 1.807) is 6.07 Å². The van der Waals surface area contributed by atoms with Crippen molar-refractivity contribution in [3.05, 3.63) is 29.3 Å². The minimum atomic E-state index is -0.617. The molecule has 9 heteroatoms. The smallest absolute Gasteiger partial charge is 0.308 e. The van der Waals surface area contributed by atoms with Crippen molar-refractivity contribution in [2.45, 2.75) is 36.3 Å². The summed E-state index contributed by atoms with van der Waals surface area (Å²) in [6.45, 7) is 3.42. The minimum absolute atomic E-state index is 0.0124. The molecule has 1 aliphatic heterocycles. The maximum atomic E-state index is 12.8. The van der Waals surface area contributed by atoms with Crippen molar-refractivity contribution in [2.75, 3.05) is 18.5 Å². The second kappa shape index (κ2) is 8.65. The number of carbonyl (C=O) groups is 4. The summed E-state index contributed by atoms with van der Waals surface area (Å²) in [4.78, 5) is 51.4. The standard InChI is InChI=1S/C22H24Br2N2O5/c1-10-4-3-5-14(11(10)2)25-15(27)9-31-16(28)6-7-26-21(29)17-12-8-13(18(17)22(26)30)20(24)19(12)23/h3-5,12-13,17-20H,6-9H2,1-2H3,(H,25,27)/t12-,13-,17-,18-,19+,20+/m1/s1. The molecular weight excluding hydrogens is 532 g/mol. The Balaban J connectivity index is 1.27. The number of fused-ring (bicyclic) bond motifs is 5. The molecular formula is C22H24Br2N2O5. The number of hydrogen-bond donors (Lipinski definition) is 1. The Bertz CT molecular complexity index is 920. The number of rotatable bonds is 6. The van der Waals surface area contributed by atoms with Crippen molar-refractivity contribution < 1.29 is 23.9 Å². The number of aryl methyl sites for hydroxylation is 1. The van der Waals surface area contributed by atoms with Gasteiger partial charge in [0.05, 0.1) is 18.3 Å². The van der Waals surface area contributed by atoms with Crippen molar-refractivity contribution >= 4 is 61.2 Å². The Morgan fingerprint density at radius 1 is 1.10 bits per heavy atom. The van der Waals surface area contributed by atoms with Gasteiger partial charge in [-0.2, -0.15) is 0 Å². The molecule has 0 unspecified atom stereocenters. The van der Waals surface area contributed by atoms with Crippen molar-refractivity contribution in [3.63, 3.8) is 0 Å². The van der Waals surface area contributed by atoms with Crippen molar-refractivity contribution in [3.8, 4) is 0 Å². The van der Waals surface area contributed by atoms with Gasteiger partial charge >= 0.3 is 5.97 Å². The van der Waals surface area contributed by atoms with Crippen LogP contribution in [-0.2, 0) is 23.9 Å². The third-order valence-corrected chi connectivity index (χ3v) is 10.1. The van der Waals surface area contributed by atoms with E-state index in [0.29, 0.717) is 5.69 Å². The number of halogens is 2. The quantitative estimate of drug-likeness (QED) is 0.331. The second-order valence-electron chi connectivity index (χ2n) is 8.54. The van der Waals surface area contributed by atoms with Crippen LogP contribution in [0.4, 0.5) is 5.69 Å². The molecule has 3 fully saturated rings. The van der Waals surface area contributed by atoms with E-state index in [1.807, 2.05) is 26.0 Å². The maximum Gasteiger partial charge on any atom is 0.308 e. The highest BCUT2D eigenvalue weighted by Gasteiger charge is 2.66. The van der Waals surface area contributed by atoms with Crippen LogP contribution >= 0.6 is 31.9 Å². The fourth-order valence-electron chi connectivity index (χ4n) is 5.13. The molecule has 1 heterocycles. The van der Waals surface area contributed by atoms with Gasteiger partial charge in [-0.3, -0.25) is 24.1 Å². The van der Waals surface area contributed by atoms with Gasteiger partial charge in [-0.15, -0.1) is 0 Å². The summed E-state index contributed by atoms with van der Waals surface area (Å²) in [5.74, 6) is -1.74. The topological polar surface area (TPSA) is 92.8 Å². The Hall–Kier alpha value is -1.74. The van der Waals surface area contributed by atoms with E-state index in [4.69, 9.17) is 4.74 Å². The number of nitrogens with one attached hydrogen (secondary N) is 1. The molecule has 0 spiro atoms. The zero-order valence-electron chi connectivity index (χ0n) is 17.3. The van der Waals surface area contributed by atoms with E-state index in [2.05, 4.69) is 37.2 Å². The number of likely N-dealkylation sites (tertiary alicyclic amines) is 1. The largest absolute Gasteiger partial charge is 0.456 e. The fraction of sp³-hybridized carbons (Fsp3) is 0.545. The maximum absolute atomic E-state index is 12.8. The number of amides is 3. The molecule has 166 valence electrons. The van der Waals surface area contributed by atoms with Gasteiger partial charge in [0.25, 0.3) is 5.91 Å². The molecule has 1 N–H and O–H groups in total. The SMILES string of the molecule is Cc1cccc(NC(=O)COC(=O)CCN2C(=O)[C@@H]3[C@H]4C[C@@H]([C@H](Br)[C@H]4Br)[C@H]3C2=O)c1C. The molecule has 31 heavy (non-hydrogen) atoms. The lowest BCUT2D eigenvalue weighted by Gasteiger charge is -2.28. The molecule has 0 aromatic heterocycles. The molecule has 1 aromatic rings. The second-order valence-corrected chi connectivity index (χ2v) is 10.7. The normalized spacial score (nSPS) is 31.2. The van der Waals surface area contributed by atoms with Crippen LogP contribution in [0.25, 0.3) is 0 Å². The van der Waals surface area contributed by atoms with Gasteiger partial charge in [-0.1, -0.05) is 44.0 Å². The molecule has 6 atom stereocenters. The summed E-state index contributed by atoms with van der Waals surface area (Å²) in [5, 5.41) is 2.73. The van der Waals surface area contributed by atoms with Crippen molar-refractivity contribution in [1.29, 1.82) is 0 Å². The average molecular weight is 556 g/mol. The third-order valence-electron chi connectivity index (χ3n) is 6.86. The highest BCUT2D eigenvalue weighted by Crippen LogP contribution is 2.60. The lowest BCUT2D eigenvalue weighted by atomic mass is 9.81. The van der Waals surface area contributed by atoms with Crippen LogP contribution in [-0.4, -0.2) is 51.4 Å². The molecule has 2 saturated carbocycles. The van der Waals surface area contributed by atoms with Gasteiger partial charge in [0.1, 0.15) is 0 Å². The summed E-state index contributed by atoms with van der Waals surface area (Å²) < 4.78 is 5.04. The average Bonchev–Trinajstić information content (AvgIpc) is 3.33. The van der Waals surface area contributed by atoms with Crippen LogP contribution in [0.2, 0.25) is 0 Å². The molecule has 2 aliphatic carbocycles. The number of alkyl halides is 2. The van der Waals surface area contributed by atoms with E-state index < -0.39 is 18.5 Å². The molecule has 0 radical (unpaired) electrons. The van der Waals surface area contributed by atoms with Crippen LogP contribution in [0.5, 0.6) is 0 Å². The molecule has 1 saturated heterocycles. The van der Waals surface area contributed by atoms with Gasteiger partial charge in [0.2, 0.25) is 11.8 Å². The summed E-state index contributed by atoms with van der Waals surface area (Å²) >= 11 is 7.30. The first-order chi connectivity index (χ1) is 14.7. The number of ether oxygens (including phenoxy) is 1. The lowest BCUT2D eigenvalue weighted by molar-refractivity contribution is -0.149. The number of carbonyl (C=O) groups excluding carboxylic acids is 4. The van der Waals surface area contributed by atoms with E-state index in [-0.39, 0.29) is 58.1 Å². The van der Waals surface area contributed by atoms with Crippen LogP contribution in [0.15, 0.2) is 18.2 Å². The first kappa shape index (κ1) is 22.5. The zero-order valence-corrected chi connectivity index (χ0v) is 20.4. The van der Waals surface area contributed by atoms with Gasteiger partial charge in [-0.05, 0) is 49.3 Å². The summed E-state index contributed by atoms with van der Waals surface area (Å²) in [7, 11) is 0. The number of esters is 1. The Kier molecular flexibility index (Phi) is 6.27. The molecule has 1 aromatic carbocycles. The summed E-state index contributed by atoms with van der Waals surface area (Å²) in [5.41, 5.74) is 2.67. The first-order valence-corrected chi connectivity index (χ1v) is 12.2. The fourth-order valence-corrected chi connectivity index (χ4v) is 7.00. The number of imide groups is 1. The monoisotopic (exact) mass is 554 g/mol. The lowest BCUT2D eigenvalue weighted by Crippen LogP contribution is -2.37. The molecule has 2 bridgehead atoms. The van der Waals surface area contributed by atoms with E-state index in [1.165, 1.54) is 4.90 Å². The van der Waals surface area contributed by atoms with Gasteiger partial charge in [-0.25, -0.2) is 0 Å². The number of hydrogen-bond acceptors (Lipinski definition) is 5. The predicted molar refractivity (Wildman–Crippen MR) is 121 cm³/mol. The van der Waals surface area contributed by atoms with Crippen molar-refractivity contribution in [2.24, 2.45) is 23.7 Å². The number of benzene rings is 1. The van der Waals surface area contributed by atoms with Crippen LogP contribution in [0.3, 0.4) is 0 Å². The highest BCUT2D eigenvalue weighted by atomic mass is 79.9. The summed E-state index contributed by atoms with van der Waals surface area (Å²) in [6.07, 6.45) is 0.739. The van der Waals surface area contributed by atoms with E-state index in [9.17, 15) is 19.2 Å². The minimum Gasteiger partial charge on any atom is -0.456 e. The molecule has 3 amide bonds. The van der Waals surface area contributed by atoms with Crippen molar-refractivity contribution in [1.82, 2.24) is 4.90 Å². The van der Waals surface area contributed by atoms with Crippen LogP contribution in [0, 0.1) is 37.5 Å². The Labute approximate surface area is 197 Å². The third kappa shape index (κ3) is 3.95. The first-order valence-electron chi connectivity index (χ1n) is 10.4.